The average molecular weight is 300 g/mol. The quantitative estimate of drug-likeness (QED) is 0.583. The molecule has 2 rings (SSSR count). The summed E-state index contributed by atoms with van der Waals surface area (Å²) in [7, 11) is 0. The lowest BCUT2D eigenvalue weighted by Crippen LogP contribution is -2.17. The third kappa shape index (κ3) is 3.76. The number of para-hydroxylation sites is 1. The van der Waals surface area contributed by atoms with Gasteiger partial charge in [-0.05, 0) is 43.3 Å². The maximum Gasteiger partial charge on any atom is 0.271 e. The Bertz CT molecular complexity index is 681. The number of carbonyl (C=O) groups is 1. The summed E-state index contributed by atoms with van der Waals surface area (Å²) >= 11 is 0. The summed E-state index contributed by atoms with van der Waals surface area (Å²) in [4.78, 5) is 11.8. The van der Waals surface area contributed by atoms with E-state index in [2.05, 4.69) is 10.5 Å². The number of hydrogen-bond donors (Lipinski definition) is 3. The van der Waals surface area contributed by atoms with Crippen LogP contribution in [0.15, 0.2) is 47.6 Å². The normalized spacial score (nSPS) is 10.6. The summed E-state index contributed by atoms with van der Waals surface area (Å²) in [5.74, 6) is -0.0160. The maximum atomic E-state index is 11.8. The number of aromatic hydroxyl groups is 2. The van der Waals surface area contributed by atoms with E-state index >= 15 is 0 Å². The molecule has 0 aliphatic rings. The van der Waals surface area contributed by atoms with Crippen molar-refractivity contribution in [1.82, 2.24) is 5.43 Å². The van der Waals surface area contributed by atoms with E-state index in [0.29, 0.717) is 23.5 Å². The van der Waals surface area contributed by atoms with Crippen molar-refractivity contribution in [2.45, 2.75) is 6.92 Å². The standard InChI is InChI=1S/C16H16N2O4/c1-2-22-14-5-3-4-12(15(14)20)10-17-18-16(21)11-6-8-13(19)9-7-11/h3-10,19-20H,2H2,1H3,(H,18,21)/b17-10-. The number of carbonyl (C=O) groups excluding carboxylic acids is 1. The van der Waals surface area contributed by atoms with E-state index in [1.807, 2.05) is 6.92 Å². The van der Waals surface area contributed by atoms with E-state index in [4.69, 9.17) is 9.84 Å². The van der Waals surface area contributed by atoms with Crippen LogP contribution in [0.3, 0.4) is 0 Å². The number of phenolic OH excluding ortho intramolecular Hbond substituents is 2. The van der Waals surface area contributed by atoms with Crippen LogP contribution in [0.1, 0.15) is 22.8 Å². The predicted molar refractivity (Wildman–Crippen MR) is 82.4 cm³/mol. The van der Waals surface area contributed by atoms with Gasteiger partial charge >= 0.3 is 0 Å². The number of phenols is 2. The SMILES string of the molecule is CCOc1cccc(/C=N\NC(=O)c2ccc(O)cc2)c1O. The molecule has 3 N–H and O–H groups in total. The van der Waals surface area contributed by atoms with Crippen molar-refractivity contribution >= 4 is 12.1 Å². The van der Waals surface area contributed by atoms with Gasteiger partial charge in [-0.1, -0.05) is 6.07 Å². The van der Waals surface area contributed by atoms with E-state index in [1.165, 1.54) is 30.5 Å². The second kappa shape index (κ2) is 7.12. The molecule has 0 heterocycles. The second-order valence-electron chi connectivity index (χ2n) is 4.37. The summed E-state index contributed by atoms with van der Waals surface area (Å²) in [6.07, 6.45) is 1.33. The summed E-state index contributed by atoms with van der Waals surface area (Å²) < 4.78 is 5.26. The number of rotatable bonds is 5. The minimum absolute atomic E-state index is 0.0352. The molecule has 0 bridgehead atoms. The van der Waals surface area contributed by atoms with Crippen molar-refractivity contribution in [3.63, 3.8) is 0 Å². The molecule has 0 atom stereocenters. The van der Waals surface area contributed by atoms with Crippen molar-refractivity contribution in [3.8, 4) is 17.2 Å². The lowest BCUT2D eigenvalue weighted by atomic mass is 10.2. The van der Waals surface area contributed by atoms with Crippen molar-refractivity contribution in [1.29, 1.82) is 0 Å². The van der Waals surface area contributed by atoms with E-state index < -0.39 is 5.91 Å². The summed E-state index contributed by atoms with van der Waals surface area (Å²) in [6, 6.07) is 10.8. The fourth-order valence-electron chi connectivity index (χ4n) is 1.75. The molecule has 0 saturated carbocycles. The first-order chi connectivity index (χ1) is 10.6. The van der Waals surface area contributed by atoms with E-state index in [-0.39, 0.29) is 11.5 Å². The summed E-state index contributed by atoms with van der Waals surface area (Å²) in [5, 5.41) is 22.9. The summed E-state index contributed by atoms with van der Waals surface area (Å²) in [6.45, 7) is 2.25. The summed E-state index contributed by atoms with van der Waals surface area (Å²) in [5.41, 5.74) is 3.13. The highest BCUT2D eigenvalue weighted by Gasteiger charge is 2.06. The Balaban J connectivity index is 2.05. The molecule has 0 unspecified atom stereocenters. The zero-order valence-corrected chi connectivity index (χ0v) is 12.0. The highest BCUT2D eigenvalue weighted by molar-refractivity contribution is 5.95. The van der Waals surface area contributed by atoms with Gasteiger partial charge in [0.1, 0.15) is 5.75 Å². The molecular formula is C16H16N2O4. The van der Waals surface area contributed by atoms with Crippen LogP contribution in [0.25, 0.3) is 0 Å². The number of nitrogens with one attached hydrogen (secondary N) is 1. The zero-order valence-electron chi connectivity index (χ0n) is 12.0. The lowest BCUT2D eigenvalue weighted by molar-refractivity contribution is 0.0955. The first-order valence-corrected chi connectivity index (χ1v) is 6.69. The average Bonchev–Trinajstić information content (AvgIpc) is 2.51. The highest BCUT2D eigenvalue weighted by Crippen LogP contribution is 2.28. The molecule has 0 aromatic heterocycles. The van der Waals surface area contributed by atoms with Crippen molar-refractivity contribution in [2.24, 2.45) is 5.10 Å². The fourth-order valence-corrected chi connectivity index (χ4v) is 1.75. The molecule has 1 amide bonds. The molecule has 0 spiro atoms. The van der Waals surface area contributed by atoms with Gasteiger partial charge in [-0.25, -0.2) is 5.43 Å². The largest absolute Gasteiger partial charge is 0.508 e. The molecular weight excluding hydrogens is 284 g/mol. The maximum absolute atomic E-state index is 11.8. The first kappa shape index (κ1) is 15.4. The number of benzene rings is 2. The zero-order chi connectivity index (χ0) is 15.9. The Morgan fingerprint density at radius 3 is 2.64 bits per heavy atom. The van der Waals surface area contributed by atoms with Gasteiger partial charge in [-0.2, -0.15) is 5.10 Å². The Hall–Kier alpha value is -3.02. The van der Waals surface area contributed by atoms with E-state index in [9.17, 15) is 9.90 Å². The molecule has 0 radical (unpaired) electrons. The van der Waals surface area contributed by atoms with Crippen molar-refractivity contribution < 1.29 is 19.7 Å². The molecule has 0 fully saturated rings. The number of hydrogen-bond acceptors (Lipinski definition) is 5. The van der Waals surface area contributed by atoms with E-state index in [0.717, 1.165) is 0 Å². The highest BCUT2D eigenvalue weighted by atomic mass is 16.5. The van der Waals surface area contributed by atoms with Crippen LogP contribution in [0.2, 0.25) is 0 Å². The molecule has 6 nitrogen and oxygen atoms in total. The Morgan fingerprint density at radius 1 is 1.23 bits per heavy atom. The Labute approximate surface area is 127 Å². The molecule has 0 aliphatic carbocycles. The van der Waals surface area contributed by atoms with Gasteiger partial charge in [0.15, 0.2) is 11.5 Å². The molecule has 6 heteroatoms. The van der Waals surface area contributed by atoms with Gasteiger partial charge in [0.2, 0.25) is 0 Å². The van der Waals surface area contributed by atoms with Crippen molar-refractivity contribution in [3.05, 3.63) is 53.6 Å². The monoisotopic (exact) mass is 300 g/mol. The van der Waals surface area contributed by atoms with Gasteiger partial charge < -0.3 is 14.9 Å². The molecule has 114 valence electrons. The molecule has 2 aromatic carbocycles. The molecule has 2 aromatic rings. The van der Waals surface area contributed by atoms with Crippen LogP contribution >= 0.6 is 0 Å². The van der Waals surface area contributed by atoms with Crippen LogP contribution < -0.4 is 10.2 Å². The van der Waals surface area contributed by atoms with Crippen LogP contribution in [0, 0.1) is 0 Å². The van der Waals surface area contributed by atoms with Gasteiger partial charge in [0, 0.05) is 11.1 Å². The Kier molecular flexibility index (Phi) is 4.98. The number of nitrogens with zero attached hydrogens (tertiary/aromatic N) is 1. The van der Waals surface area contributed by atoms with Gasteiger partial charge in [0.25, 0.3) is 5.91 Å². The second-order valence-corrected chi connectivity index (χ2v) is 4.37. The number of hydrazone groups is 1. The first-order valence-electron chi connectivity index (χ1n) is 6.69. The topological polar surface area (TPSA) is 91.2 Å². The number of ether oxygens (including phenoxy) is 1. The molecule has 0 aliphatic heterocycles. The molecule has 22 heavy (non-hydrogen) atoms. The Morgan fingerprint density at radius 2 is 1.95 bits per heavy atom. The fraction of sp³-hybridized carbons (Fsp3) is 0.125. The predicted octanol–water partition coefficient (Wildman–Crippen LogP) is 2.26. The van der Waals surface area contributed by atoms with Crippen molar-refractivity contribution in [2.75, 3.05) is 6.61 Å². The van der Waals surface area contributed by atoms with Crippen LogP contribution in [-0.2, 0) is 0 Å². The number of amides is 1. The van der Waals surface area contributed by atoms with Gasteiger partial charge in [-0.15, -0.1) is 0 Å². The smallest absolute Gasteiger partial charge is 0.271 e. The van der Waals surface area contributed by atoms with Crippen LogP contribution in [0.5, 0.6) is 17.2 Å². The van der Waals surface area contributed by atoms with E-state index in [1.54, 1.807) is 18.2 Å². The third-order valence-electron chi connectivity index (χ3n) is 2.83. The minimum atomic E-state index is -0.420. The van der Waals surface area contributed by atoms with Crippen LogP contribution in [-0.4, -0.2) is 28.9 Å². The lowest BCUT2D eigenvalue weighted by Gasteiger charge is -2.07. The van der Waals surface area contributed by atoms with Crippen LogP contribution in [0.4, 0.5) is 0 Å². The van der Waals surface area contributed by atoms with Gasteiger partial charge in [0.05, 0.1) is 12.8 Å². The third-order valence-corrected chi connectivity index (χ3v) is 2.83. The molecule has 0 saturated heterocycles. The minimum Gasteiger partial charge on any atom is -0.508 e. The van der Waals surface area contributed by atoms with Gasteiger partial charge in [-0.3, -0.25) is 4.79 Å².